The van der Waals surface area contributed by atoms with Crippen molar-refractivity contribution < 1.29 is 19.0 Å². The van der Waals surface area contributed by atoms with Gasteiger partial charge in [0, 0.05) is 19.8 Å². The van der Waals surface area contributed by atoms with E-state index in [4.69, 9.17) is 19.9 Å². The molecule has 2 aliphatic heterocycles. The number of esters is 1. The molecular formula is C10H17NO4. The van der Waals surface area contributed by atoms with E-state index in [1.54, 1.807) is 0 Å². The summed E-state index contributed by atoms with van der Waals surface area (Å²) in [7, 11) is 0. The lowest BCUT2D eigenvalue weighted by molar-refractivity contribution is -0.187. The Morgan fingerprint density at radius 1 is 1.33 bits per heavy atom. The summed E-state index contributed by atoms with van der Waals surface area (Å²) in [4.78, 5) is 11.9. The Balaban J connectivity index is 1.93. The summed E-state index contributed by atoms with van der Waals surface area (Å²) in [6, 6.07) is 0. The first kappa shape index (κ1) is 10.9. The maximum Gasteiger partial charge on any atom is 0.313 e. The molecule has 86 valence electrons. The van der Waals surface area contributed by atoms with Crippen LogP contribution in [0.25, 0.3) is 0 Å². The number of carbonyl (C=O) groups is 1. The lowest BCUT2D eigenvalue weighted by Crippen LogP contribution is -2.48. The zero-order chi connectivity index (χ0) is 10.7. The van der Waals surface area contributed by atoms with Gasteiger partial charge in [0.15, 0.2) is 0 Å². The van der Waals surface area contributed by atoms with Gasteiger partial charge in [-0.05, 0) is 12.8 Å². The minimum Gasteiger partial charge on any atom is -0.457 e. The molecule has 15 heavy (non-hydrogen) atoms. The Morgan fingerprint density at radius 3 is 2.47 bits per heavy atom. The Morgan fingerprint density at radius 2 is 2.00 bits per heavy atom. The van der Waals surface area contributed by atoms with Crippen molar-refractivity contribution >= 4 is 5.97 Å². The Labute approximate surface area is 88.9 Å². The van der Waals surface area contributed by atoms with Crippen LogP contribution in [0.4, 0.5) is 0 Å². The van der Waals surface area contributed by atoms with Crippen LogP contribution in [0, 0.1) is 5.41 Å². The summed E-state index contributed by atoms with van der Waals surface area (Å²) in [5.41, 5.74) is 5.17. The van der Waals surface area contributed by atoms with Gasteiger partial charge in [0.25, 0.3) is 0 Å². The molecule has 0 unspecified atom stereocenters. The van der Waals surface area contributed by atoms with Gasteiger partial charge in [0.2, 0.25) is 0 Å². The first-order valence-corrected chi connectivity index (χ1v) is 5.33. The number of hydrogen-bond donors (Lipinski definition) is 1. The van der Waals surface area contributed by atoms with E-state index in [9.17, 15) is 4.79 Å². The third-order valence-electron chi connectivity index (χ3n) is 3.15. The fourth-order valence-electron chi connectivity index (χ4n) is 1.81. The zero-order valence-electron chi connectivity index (χ0n) is 8.74. The standard InChI is InChI=1S/C10H17NO4/c11-7-10(1-3-13-4-2-10)9(12)15-8-5-14-6-8/h8H,1-7,11H2. The van der Waals surface area contributed by atoms with Gasteiger partial charge in [-0.3, -0.25) is 4.79 Å². The Bertz CT molecular complexity index is 234. The van der Waals surface area contributed by atoms with E-state index in [0.717, 1.165) is 0 Å². The molecule has 0 bridgehead atoms. The molecule has 2 aliphatic rings. The van der Waals surface area contributed by atoms with Crippen molar-refractivity contribution in [2.24, 2.45) is 11.1 Å². The van der Waals surface area contributed by atoms with Crippen molar-refractivity contribution in [3.8, 4) is 0 Å². The van der Waals surface area contributed by atoms with Crippen LogP contribution in [-0.2, 0) is 19.0 Å². The number of rotatable bonds is 3. The van der Waals surface area contributed by atoms with Crippen LogP contribution >= 0.6 is 0 Å². The summed E-state index contributed by atoms with van der Waals surface area (Å²) >= 11 is 0. The van der Waals surface area contributed by atoms with Gasteiger partial charge >= 0.3 is 5.97 Å². The molecule has 0 saturated carbocycles. The van der Waals surface area contributed by atoms with E-state index in [-0.39, 0.29) is 12.1 Å². The van der Waals surface area contributed by atoms with Crippen molar-refractivity contribution in [1.29, 1.82) is 0 Å². The quantitative estimate of drug-likeness (QED) is 0.653. The predicted molar refractivity (Wildman–Crippen MR) is 52.2 cm³/mol. The average Bonchev–Trinajstić information content (AvgIpc) is 2.24. The molecule has 0 atom stereocenters. The molecule has 0 aliphatic carbocycles. The topological polar surface area (TPSA) is 70.8 Å². The van der Waals surface area contributed by atoms with Gasteiger partial charge in [0.05, 0.1) is 18.6 Å². The molecule has 2 heterocycles. The van der Waals surface area contributed by atoms with Crippen LogP contribution in [0.1, 0.15) is 12.8 Å². The molecule has 0 radical (unpaired) electrons. The summed E-state index contributed by atoms with van der Waals surface area (Å²) in [6.07, 6.45) is 1.26. The normalized spacial score (nSPS) is 25.7. The molecule has 0 aromatic rings. The molecule has 0 aromatic heterocycles. The summed E-state index contributed by atoms with van der Waals surface area (Å²) in [5.74, 6) is -0.179. The Kier molecular flexibility index (Phi) is 3.23. The third kappa shape index (κ3) is 2.14. The lowest BCUT2D eigenvalue weighted by atomic mass is 9.80. The van der Waals surface area contributed by atoms with Gasteiger partial charge in [-0.2, -0.15) is 0 Å². The molecule has 2 fully saturated rings. The molecule has 5 nitrogen and oxygen atoms in total. The highest BCUT2D eigenvalue weighted by molar-refractivity contribution is 5.77. The Hall–Kier alpha value is -0.650. The number of carbonyl (C=O) groups excluding carboxylic acids is 1. The smallest absolute Gasteiger partial charge is 0.313 e. The molecule has 0 aromatic carbocycles. The van der Waals surface area contributed by atoms with Crippen LogP contribution in [0.15, 0.2) is 0 Å². The van der Waals surface area contributed by atoms with Crippen molar-refractivity contribution in [2.75, 3.05) is 33.0 Å². The minimum absolute atomic E-state index is 0.0660. The number of hydrogen-bond acceptors (Lipinski definition) is 5. The van der Waals surface area contributed by atoms with Gasteiger partial charge in [-0.25, -0.2) is 0 Å². The van der Waals surface area contributed by atoms with Gasteiger partial charge < -0.3 is 19.9 Å². The first-order chi connectivity index (χ1) is 7.27. The highest BCUT2D eigenvalue weighted by Crippen LogP contribution is 2.31. The van der Waals surface area contributed by atoms with E-state index in [0.29, 0.717) is 45.8 Å². The number of nitrogens with two attached hydrogens (primary N) is 1. The molecule has 0 spiro atoms. The average molecular weight is 215 g/mol. The third-order valence-corrected chi connectivity index (χ3v) is 3.15. The van der Waals surface area contributed by atoms with Gasteiger partial charge in [0.1, 0.15) is 6.10 Å². The van der Waals surface area contributed by atoms with E-state index in [2.05, 4.69) is 0 Å². The minimum atomic E-state index is -0.520. The lowest BCUT2D eigenvalue weighted by Gasteiger charge is -2.36. The highest BCUT2D eigenvalue weighted by Gasteiger charge is 2.42. The second-order valence-electron chi connectivity index (χ2n) is 4.16. The van der Waals surface area contributed by atoms with Crippen molar-refractivity contribution in [3.63, 3.8) is 0 Å². The molecule has 2 saturated heterocycles. The van der Waals surface area contributed by atoms with E-state index in [1.807, 2.05) is 0 Å². The fraction of sp³-hybridized carbons (Fsp3) is 0.900. The maximum absolute atomic E-state index is 11.9. The predicted octanol–water partition coefficient (Wildman–Crippen LogP) is -0.316. The molecule has 2 N–H and O–H groups in total. The van der Waals surface area contributed by atoms with E-state index < -0.39 is 5.41 Å². The second-order valence-corrected chi connectivity index (χ2v) is 4.16. The first-order valence-electron chi connectivity index (χ1n) is 5.33. The van der Waals surface area contributed by atoms with Crippen molar-refractivity contribution in [3.05, 3.63) is 0 Å². The summed E-state index contributed by atoms with van der Waals surface area (Å²) in [6.45, 7) is 2.55. The molecule has 0 amide bonds. The monoisotopic (exact) mass is 215 g/mol. The van der Waals surface area contributed by atoms with Crippen LogP contribution in [-0.4, -0.2) is 45.0 Å². The van der Waals surface area contributed by atoms with E-state index >= 15 is 0 Å². The highest BCUT2D eigenvalue weighted by atomic mass is 16.6. The van der Waals surface area contributed by atoms with E-state index in [1.165, 1.54) is 0 Å². The van der Waals surface area contributed by atoms with Crippen molar-refractivity contribution in [1.82, 2.24) is 0 Å². The summed E-state index contributed by atoms with van der Waals surface area (Å²) < 4.78 is 15.5. The maximum atomic E-state index is 11.9. The molecule has 2 rings (SSSR count). The fourth-order valence-corrected chi connectivity index (χ4v) is 1.81. The van der Waals surface area contributed by atoms with Crippen LogP contribution in [0.5, 0.6) is 0 Å². The summed E-state index contributed by atoms with van der Waals surface area (Å²) in [5, 5.41) is 0. The van der Waals surface area contributed by atoms with Gasteiger partial charge in [-0.1, -0.05) is 0 Å². The number of ether oxygens (including phenoxy) is 3. The SMILES string of the molecule is NCC1(C(=O)OC2COC2)CCOCC1. The van der Waals surface area contributed by atoms with Crippen LogP contribution in [0.2, 0.25) is 0 Å². The van der Waals surface area contributed by atoms with Crippen LogP contribution in [0.3, 0.4) is 0 Å². The van der Waals surface area contributed by atoms with Gasteiger partial charge in [-0.15, -0.1) is 0 Å². The zero-order valence-corrected chi connectivity index (χ0v) is 8.74. The van der Waals surface area contributed by atoms with Crippen molar-refractivity contribution in [2.45, 2.75) is 18.9 Å². The largest absolute Gasteiger partial charge is 0.457 e. The molecule has 5 heteroatoms. The second kappa shape index (κ2) is 4.47. The van der Waals surface area contributed by atoms with Crippen LogP contribution < -0.4 is 5.73 Å². The molecular weight excluding hydrogens is 198 g/mol.